The van der Waals surface area contributed by atoms with E-state index in [9.17, 15) is 15.2 Å². The van der Waals surface area contributed by atoms with Crippen LogP contribution in [0.25, 0.3) is 22.8 Å². The number of β-amino-alcohol motifs (C(OH)–C–C–N with tert-alkyl or cyclic N) is 1. The Labute approximate surface area is 216 Å². The van der Waals surface area contributed by atoms with Crippen LogP contribution in [0.15, 0.2) is 40.9 Å². The Morgan fingerprint density at radius 3 is 2.92 bits per heavy atom. The van der Waals surface area contributed by atoms with Crippen LogP contribution in [0.3, 0.4) is 0 Å². The van der Waals surface area contributed by atoms with Crippen molar-refractivity contribution in [3.05, 3.63) is 53.1 Å². The summed E-state index contributed by atoms with van der Waals surface area (Å²) in [7, 11) is 0. The summed E-state index contributed by atoms with van der Waals surface area (Å²) in [5.41, 5.74) is 4.08. The van der Waals surface area contributed by atoms with Crippen LogP contribution in [-0.4, -0.2) is 51.5 Å². The lowest BCUT2D eigenvalue weighted by Crippen LogP contribution is -2.48. The number of aromatic nitrogens is 2. The maximum Gasteiger partial charge on any atom is 0.317 e. The van der Waals surface area contributed by atoms with Crippen LogP contribution < -0.4 is 10.1 Å². The summed E-state index contributed by atoms with van der Waals surface area (Å²) in [4.78, 5) is 19.2. The van der Waals surface area contributed by atoms with Crippen molar-refractivity contribution in [1.29, 1.82) is 5.26 Å². The number of carbonyl (C=O) groups is 1. The topological polar surface area (TPSA) is 125 Å². The molecule has 1 saturated heterocycles. The monoisotopic (exact) mass is 501 g/mol. The first-order valence-corrected chi connectivity index (χ1v) is 12.8. The number of hydrogen-bond donors (Lipinski definition) is 2. The molecule has 37 heavy (non-hydrogen) atoms. The van der Waals surface area contributed by atoms with E-state index >= 15 is 0 Å². The Morgan fingerprint density at radius 2 is 2.14 bits per heavy atom. The molecule has 0 radical (unpaired) electrons. The van der Waals surface area contributed by atoms with Crippen molar-refractivity contribution < 1.29 is 19.2 Å². The number of benzene rings is 2. The largest absolute Gasteiger partial charge is 0.490 e. The Balaban J connectivity index is 1.39. The highest BCUT2D eigenvalue weighted by Gasteiger charge is 2.29. The molecule has 2 heterocycles. The van der Waals surface area contributed by atoms with E-state index in [1.807, 2.05) is 32.0 Å². The van der Waals surface area contributed by atoms with Crippen LogP contribution in [0, 0.1) is 11.3 Å². The van der Waals surface area contributed by atoms with Gasteiger partial charge in [0.25, 0.3) is 5.89 Å². The highest BCUT2D eigenvalue weighted by Crippen LogP contribution is 2.36. The number of rotatable bonds is 5. The molecule has 0 saturated carbocycles. The zero-order valence-corrected chi connectivity index (χ0v) is 21.1. The molecular weight excluding hydrogens is 470 g/mol. The normalized spacial score (nSPS) is 19.3. The fraction of sp³-hybridized carbons (Fsp3) is 0.429. The molecule has 2 unspecified atom stereocenters. The molecule has 0 spiro atoms. The molecule has 2 aliphatic rings. The molecule has 2 amide bonds. The number of ether oxygens (including phenoxy) is 1. The maximum absolute atomic E-state index is 12.9. The zero-order chi connectivity index (χ0) is 25.9. The number of carbonyl (C=O) groups excluding carboxylic acids is 1. The number of fused-ring (bicyclic) bond motifs is 1. The van der Waals surface area contributed by atoms with Crippen molar-refractivity contribution in [2.24, 2.45) is 0 Å². The van der Waals surface area contributed by atoms with E-state index in [4.69, 9.17) is 9.26 Å². The Bertz CT molecular complexity index is 1330. The van der Waals surface area contributed by atoms with E-state index in [1.165, 1.54) is 0 Å². The number of nitriles is 1. The molecule has 2 aromatic carbocycles. The van der Waals surface area contributed by atoms with E-state index in [2.05, 4.69) is 21.5 Å². The smallest absolute Gasteiger partial charge is 0.317 e. The lowest BCUT2D eigenvalue weighted by molar-refractivity contribution is 0.0830. The van der Waals surface area contributed by atoms with Crippen LogP contribution in [0.2, 0.25) is 0 Å². The standard InChI is InChI=1S/C28H31N5O4/c1-17(2)36-25-12-11-18(14-19(25)15-29)27-31-26(32-37-27)23-9-3-8-22-21(23)7-4-10-24(22)30-28(35)33-13-5-6-20(34)16-33/h3,8-9,11-12,14,17,20,24,34H,4-7,10,13,16H2,1-2H3,(H,30,35). The van der Waals surface area contributed by atoms with Gasteiger partial charge in [0.05, 0.1) is 23.8 Å². The van der Waals surface area contributed by atoms with Crippen LogP contribution in [0.1, 0.15) is 62.3 Å². The SMILES string of the molecule is CC(C)Oc1ccc(-c2nc(-c3cccc4c3CCCC4NC(=O)N3CCCC(O)C3)no2)cc1C#N. The van der Waals surface area contributed by atoms with Gasteiger partial charge in [-0.25, -0.2) is 4.79 Å². The molecule has 1 aromatic heterocycles. The van der Waals surface area contributed by atoms with Crippen LogP contribution in [0.4, 0.5) is 4.79 Å². The lowest BCUT2D eigenvalue weighted by atomic mass is 9.84. The van der Waals surface area contributed by atoms with Crippen molar-refractivity contribution in [3.63, 3.8) is 0 Å². The minimum absolute atomic E-state index is 0.0442. The first kappa shape index (κ1) is 24.8. The third-order valence-corrected chi connectivity index (χ3v) is 6.87. The zero-order valence-electron chi connectivity index (χ0n) is 21.1. The van der Waals surface area contributed by atoms with E-state index < -0.39 is 6.10 Å². The number of amides is 2. The number of piperidine rings is 1. The van der Waals surface area contributed by atoms with Crippen molar-refractivity contribution in [1.82, 2.24) is 20.4 Å². The molecule has 9 heteroatoms. The summed E-state index contributed by atoms with van der Waals surface area (Å²) in [5, 5.41) is 26.9. The molecule has 192 valence electrons. The number of nitrogens with one attached hydrogen (secondary N) is 1. The fourth-order valence-electron chi connectivity index (χ4n) is 5.14. The lowest BCUT2D eigenvalue weighted by Gasteiger charge is -2.33. The van der Waals surface area contributed by atoms with Gasteiger partial charge in [0.2, 0.25) is 5.82 Å². The van der Waals surface area contributed by atoms with Gasteiger partial charge in [0, 0.05) is 24.2 Å². The second-order valence-electron chi connectivity index (χ2n) is 9.92. The first-order chi connectivity index (χ1) is 17.9. The molecule has 1 aliphatic heterocycles. The molecule has 5 rings (SSSR count). The Hall–Kier alpha value is -3.90. The van der Waals surface area contributed by atoms with Crippen molar-refractivity contribution >= 4 is 6.03 Å². The van der Waals surface area contributed by atoms with Gasteiger partial charge in [0.15, 0.2) is 0 Å². The second-order valence-corrected chi connectivity index (χ2v) is 9.92. The van der Waals surface area contributed by atoms with Gasteiger partial charge in [0.1, 0.15) is 11.8 Å². The van der Waals surface area contributed by atoms with Crippen LogP contribution in [0.5, 0.6) is 5.75 Å². The number of nitrogens with zero attached hydrogens (tertiary/aromatic N) is 4. The molecule has 1 aliphatic carbocycles. The van der Waals surface area contributed by atoms with Gasteiger partial charge < -0.3 is 24.6 Å². The minimum atomic E-state index is -0.458. The molecule has 9 nitrogen and oxygen atoms in total. The second kappa shape index (κ2) is 10.6. The molecule has 2 atom stereocenters. The minimum Gasteiger partial charge on any atom is -0.490 e. The molecular formula is C28H31N5O4. The highest BCUT2D eigenvalue weighted by molar-refractivity contribution is 5.75. The van der Waals surface area contributed by atoms with Gasteiger partial charge in [-0.05, 0) is 75.3 Å². The van der Waals surface area contributed by atoms with Gasteiger partial charge in [-0.15, -0.1) is 0 Å². The van der Waals surface area contributed by atoms with Crippen molar-refractivity contribution in [2.45, 2.75) is 64.2 Å². The number of aliphatic hydroxyl groups is 1. The van der Waals surface area contributed by atoms with Gasteiger partial charge in [-0.1, -0.05) is 23.4 Å². The summed E-state index contributed by atoms with van der Waals surface area (Å²) < 4.78 is 11.3. The quantitative estimate of drug-likeness (QED) is 0.523. The van der Waals surface area contributed by atoms with Crippen LogP contribution >= 0.6 is 0 Å². The van der Waals surface area contributed by atoms with E-state index in [0.29, 0.717) is 41.7 Å². The number of hydrogen-bond acceptors (Lipinski definition) is 7. The van der Waals surface area contributed by atoms with E-state index in [1.54, 1.807) is 23.1 Å². The number of urea groups is 1. The average molecular weight is 502 g/mol. The number of likely N-dealkylation sites (tertiary alicyclic amines) is 1. The Morgan fingerprint density at radius 1 is 1.27 bits per heavy atom. The van der Waals surface area contributed by atoms with Crippen LogP contribution in [-0.2, 0) is 6.42 Å². The summed E-state index contributed by atoms with van der Waals surface area (Å²) in [6, 6.07) is 13.1. The molecule has 0 bridgehead atoms. The predicted molar refractivity (Wildman–Crippen MR) is 137 cm³/mol. The van der Waals surface area contributed by atoms with E-state index in [-0.39, 0.29) is 18.2 Å². The van der Waals surface area contributed by atoms with E-state index in [0.717, 1.165) is 48.8 Å². The number of aliphatic hydroxyl groups excluding tert-OH is 1. The van der Waals surface area contributed by atoms with Gasteiger partial charge in [-0.2, -0.15) is 10.2 Å². The van der Waals surface area contributed by atoms with Gasteiger partial charge in [-0.3, -0.25) is 0 Å². The molecule has 3 aromatic rings. The Kier molecular flexibility index (Phi) is 7.10. The molecule has 1 fully saturated rings. The third kappa shape index (κ3) is 5.30. The highest BCUT2D eigenvalue weighted by atomic mass is 16.5. The predicted octanol–water partition coefficient (Wildman–Crippen LogP) is 4.61. The first-order valence-electron chi connectivity index (χ1n) is 12.8. The third-order valence-electron chi connectivity index (χ3n) is 6.87. The summed E-state index contributed by atoms with van der Waals surface area (Å²) >= 11 is 0. The average Bonchev–Trinajstić information content (AvgIpc) is 3.38. The summed E-state index contributed by atoms with van der Waals surface area (Å²) in [5.74, 6) is 1.31. The molecule has 2 N–H and O–H groups in total. The maximum atomic E-state index is 12.9. The van der Waals surface area contributed by atoms with Crippen molar-refractivity contribution in [3.8, 4) is 34.7 Å². The summed E-state index contributed by atoms with van der Waals surface area (Å²) in [6.45, 7) is 4.85. The fourth-order valence-corrected chi connectivity index (χ4v) is 5.14. The van der Waals surface area contributed by atoms with Gasteiger partial charge >= 0.3 is 6.03 Å². The summed E-state index contributed by atoms with van der Waals surface area (Å²) in [6.07, 6.45) is 3.66. The van der Waals surface area contributed by atoms with Crippen molar-refractivity contribution in [2.75, 3.05) is 13.1 Å².